The number of hydrogen-bond donors (Lipinski definition) is 2. The predicted molar refractivity (Wildman–Crippen MR) is 111 cm³/mol. The van der Waals surface area contributed by atoms with E-state index >= 15 is 0 Å². The number of carbonyl (C=O) groups is 1. The summed E-state index contributed by atoms with van der Waals surface area (Å²) in [5, 5.41) is 19.2. The van der Waals surface area contributed by atoms with Crippen LogP contribution in [0.2, 0.25) is 0 Å². The van der Waals surface area contributed by atoms with E-state index in [4.69, 9.17) is 0 Å². The quantitative estimate of drug-likeness (QED) is 0.605. The van der Waals surface area contributed by atoms with Gasteiger partial charge in [0.1, 0.15) is 0 Å². The van der Waals surface area contributed by atoms with Crippen molar-refractivity contribution in [3.05, 3.63) is 41.2 Å². The first-order valence-electron chi connectivity index (χ1n) is 8.48. The third-order valence-electron chi connectivity index (χ3n) is 4.11. The second-order valence-corrected chi connectivity index (χ2v) is 8.85. The number of nitrogens with one attached hydrogen (secondary N) is 2. The smallest absolute Gasteiger partial charge is 0.237 e. The number of amides is 1. The van der Waals surface area contributed by atoms with E-state index < -0.39 is 0 Å². The Bertz CT molecular complexity index is 947. The number of aromatic nitrogens is 4. The van der Waals surface area contributed by atoms with Gasteiger partial charge in [0.2, 0.25) is 11.0 Å². The minimum Gasteiger partial charge on any atom is -0.330 e. The average Bonchev–Trinajstić information content (AvgIpc) is 3.16. The molecule has 0 bridgehead atoms. The van der Waals surface area contributed by atoms with Crippen molar-refractivity contribution in [2.75, 3.05) is 10.6 Å². The van der Waals surface area contributed by atoms with Crippen LogP contribution in [0.25, 0.3) is 0 Å². The lowest BCUT2D eigenvalue weighted by molar-refractivity contribution is -0.115. The van der Waals surface area contributed by atoms with Gasteiger partial charge in [0.05, 0.1) is 22.3 Å². The number of benzene rings is 1. The third-order valence-corrected chi connectivity index (χ3v) is 6.14. The highest BCUT2D eigenvalue weighted by Crippen LogP contribution is 2.31. The summed E-state index contributed by atoms with van der Waals surface area (Å²) in [6, 6.07) is 8.07. The van der Waals surface area contributed by atoms with E-state index in [0.29, 0.717) is 5.13 Å². The molecule has 0 saturated heterocycles. The van der Waals surface area contributed by atoms with Gasteiger partial charge in [-0.05, 0) is 39.8 Å². The first-order valence-corrected chi connectivity index (χ1v) is 10.2. The molecule has 2 N–H and O–H groups in total. The van der Waals surface area contributed by atoms with Crippen LogP contribution >= 0.6 is 23.1 Å². The summed E-state index contributed by atoms with van der Waals surface area (Å²) in [5.74, 6) is -0.0811. The molecule has 0 spiro atoms. The Hall–Kier alpha value is -2.39. The average molecular weight is 403 g/mol. The van der Waals surface area contributed by atoms with Gasteiger partial charge in [-0.25, -0.2) is 0 Å². The predicted octanol–water partition coefficient (Wildman–Crippen LogP) is 4.06. The molecule has 1 atom stereocenters. The van der Waals surface area contributed by atoms with Gasteiger partial charge in [-0.15, -0.1) is 10.2 Å². The summed E-state index contributed by atoms with van der Waals surface area (Å²) in [5.41, 5.74) is 4.67. The highest BCUT2D eigenvalue weighted by Gasteiger charge is 2.20. The number of nitrogens with zero attached hydrogens (tertiary/aromatic N) is 4. The second-order valence-electron chi connectivity index (χ2n) is 6.28. The second kappa shape index (κ2) is 8.10. The number of rotatable bonds is 6. The van der Waals surface area contributed by atoms with Crippen LogP contribution < -0.4 is 10.6 Å². The number of thioether (sulfide) groups is 1. The van der Waals surface area contributed by atoms with E-state index in [1.54, 1.807) is 4.68 Å². The molecule has 0 radical (unpaired) electrons. The van der Waals surface area contributed by atoms with E-state index in [1.807, 2.05) is 59.0 Å². The van der Waals surface area contributed by atoms with E-state index in [2.05, 4.69) is 25.9 Å². The first kappa shape index (κ1) is 19.4. The summed E-state index contributed by atoms with van der Waals surface area (Å²) in [4.78, 5) is 12.5. The standard InChI is InChI=1S/C18H22N6OS2/c1-10-6-8-14(9-7-10)19-17-21-22-18(27-17)26-13(4)16(25)20-15-11(2)23-24(5)12(15)3/h6-9,13H,1-5H3,(H,19,21)(H,20,25)/t13-/m0/s1. The van der Waals surface area contributed by atoms with Gasteiger partial charge in [0, 0.05) is 12.7 Å². The van der Waals surface area contributed by atoms with Crippen LogP contribution in [-0.2, 0) is 11.8 Å². The summed E-state index contributed by atoms with van der Waals surface area (Å²) < 4.78 is 2.50. The fraction of sp³-hybridized carbons (Fsp3) is 0.333. The monoisotopic (exact) mass is 402 g/mol. The molecule has 0 aliphatic heterocycles. The summed E-state index contributed by atoms with van der Waals surface area (Å²) in [6.45, 7) is 7.72. The van der Waals surface area contributed by atoms with Gasteiger partial charge in [0.25, 0.3) is 0 Å². The van der Waals surface area contributed by atoms with Crippen LogP contribution in [-0.4, -0.2) is 31.1 Å². The SMILES string of the molecule is Cc1ccc(Nc2nnc(S[C@@H](C)C(=O)Nc3c(C)nn(C)c3C)s2)cc1. The van der Waals surface area contributed by atoms with Crippen molar-refractivity contribution in [1.82, 2.24) is 20.0 Å². The minimum atomic E-state index is -0.302. The van der Waals surface area contributed by atoms with Crippen LogP contribution in [0.5, 0.6) is 0 Å². The molecule has 0 unspecified atom stereocenters. The van der Waals surface area contributed by atoms with Gasteiger partial charge >= 0.3 is 0 Å². The van der Waals surface area contributed by atoms with Crippen molar-refractivity contribution in [2.45, 2.75) is 37.3 Å². The lowest BCUT2D eigenvalue weighted by Crippen LogP contribution is -2.23. The Kier molecular flexibility index (Phi) is 5.81. The van der Waals surface area contributed by atoms with Gasteiger partial charge in [-0.1, -0.05) is 40.8 Å². The van der Waals surface area contributed by atoms with Gasteiger partial charge < -0.3 is 10.6 Å². The first-order chi connectivity index (χ1) is 12.8. The van der Waals surface area contributed by atoms with Crippen molar-refractivity contribution in [2.24, 2.45) is 7.05 Å². The fourth-order valence-corrected chi connectivity index (χ4v) is 4.37. The molecule has 0 aliphatic rings. The van der Waals surface area contributed by atoms with Crippen LogP contribution in [0, 0.1) is 20.8 Å². The molecule has 0 fully saturated rings. The zero-order chi connectivity index (χ0) is 19.6. The molecule has 2 aromatic heterocycles. The summed E-state index contributed by atoms with van der Waals surface area (Å²) in [7, 11) is 1.86. The summed E-state index contributed by atoms with van der Waals surface area (Å²) in [6.07, 6.45) is 0. The largest absolute Gasteiger partial charge is 0.330 e. The maximum Gasteiger partial charge on any atom is 0.237 e. The van der Waals surface area contributed by atoms with Crippen LogP contribution in [0.15, 0.2) is 28.6 Å². The molecule has 3 rings (SSSR count). The molecule has 1 aromatic carbocycles. The Labute approximate surface area is 166 Å². The molecular weight excluding hydrogens is 380 g/mol. The van der Waals surface area contributed by atoms with Crippen molar-refractivity contribution in [3.63, 3.8) is 0 Å². The van der Waals surface area contributed by atoms with E-state index in [-0.39, 0.29) is 11.2 Å². The molecule has 2 heterocycles. The third kappa shape index (κ3) is 4.67. The maximum absolute atomic E-state index is 12.5. The lowest BCUT2D eigenvalue weighted by Gasteiger charge is -2.10. The molecule has 142 valence electrons. The topological polar surface area (TPSA) is 84.7 Å². The van der Waals surface area contributed by atoms with Crippen molar-refractivity contribution >= 4 is 45.5 Å². The number of hydrogen-bond acceptors (Lipinski definition) is 7. The molecule has 0 aliphatic carbocycles. The van der Waals surface area contributed by atoms with Crippen LogP contribution in [0.4, 0.5) is 16.5 Å². The zero-order valence-electron chi connectivity index (χ0n) is 15.9. The highest BCUT2D eigenvalue weighted by molar-refractivity contribution is 8.02. The molecule has 3 aromatic rings. The zero-order valence-corrected chi connectivity index (χ0v) is 17.5. The lowest BCUT2D eigenvalue weighted by atomic mass is 10.2. The van der Waals surface area contributed by atoms with Gasteiger partial charge in [-0.2, -0.15) is 5.10 Å². The van der Waals surface area contributed by atoms with Crippen molar-refractivity contribution in [1.29, 1.82) is 0 Å². The molecule has 1 amide bonds. The Morgan fingerprint density at radius 3 is 2.52 bits per heavy atom. The number of carbonyl (C=O) groups excluding carboxylic acids is 1. The van der Waals surface area contributed by atoms with Gasteiger partial charge in [0.15, 0.2) is 4.34 Å². The molecular formula is C18H22N6OS2. The fourth-order valence-electron chi connectivity index (χ4n) is 2.45. The van der Waals surface area contributed by atoms with Gasteiger partial charge in [-0.3, -0.25) is 9.48 Å². The van der Waals surface area contributed by atoms with Crippen LogP contribution in [0.3, 0.4) is 0 Å². The van der Waals surface area contributed by atoms with E-state index in [0.717, 1.165) is 27.1 Å². The molecule has 0 saturated carbocycles. The van der Waals surface area contributed by atoms with E-state index in [1.165, 1.54) is 28.7 Å². The minimum absolute atomic E-state index is 0.0811. The van der Waals surface area contributed by atoms with Crippen molar-refractivity contribution < 1.29 is 4.79 Å². The number of anilines is 3. The molecule has 9 heteroatoms. The molecule has 7 nitrogen and oxygen atoms in total. The molecule has 27 heavy (non-hydrogen) atoms. The highest BCUT2D eigenvalue weighted by atomic mass is 32.2. The Morgan fingerprint density at radius 2 is 1.89 bits per heavy atom. The van der Waals surface area contributed by atoms with Crippen molar-refractivity contribution in [3.8, 4) is 0 Å². The van der Waals surface area contributed by atoms with Crippen LogP contribution in [0.1, 0.15) is 23.9 Å². The number of aryl methyl sites for hydroxylation is 3. The Balaban J connectivity index is 1.60. The van der Waals surface area contributed by atoms with E-state index in [9.17, 15) is 4.79 Å². The Morgan fingerprint density at radius 1 is 1.19 bits per heavy atom. The summed E-state index contributed by atoms with van der Waals surface area (Å²) >= 11 is 2.82. The normalized spacial score (nSPS) is 12.0. The maximum atomic E-state index is 12.5.